The highest BCUT2D eigenvalue weighted by Gasteiger charge is 2.05. The van der Waals surface area contributed by atoms with Crippen LogP contribution in [0.4, 0.5) is 0 Å². The fraction of sp³-hybridized carbons (Fsp3) is 0.0769. The minimum absolute atomic E-state index is 0.0514. The summed E-state index contributed by atoms with van der Waals surface area (Å²) in [5.74, 6) is 0. The summed E-state index contributed by atoms with van der Waals surface area (Å²) in [4.78, 5) is 15.8. The van der Waals surface area contributed by atoms with Crippen LogP contribution in [0.1, 0.15) is 5.56 Å². The third-order valence-corrected chi connectivity index (χ3v) is 2.74. The molecule has 1 N–H and O–H groups in total. The number of aromatic nitrogens is 3. The molecule has 84 valence electrons. The molecule has 2 heterocycles. The van der Waals surface area contributed by atoms with Crippen LogP contribution in [0.15, 0.2) is 53.6 Å². The first-order chi connectivity index (χ1) is 8.34. The molecule has 3 rings (SSSR count). The average molecular weight is 225 g/mol. The molecule has 0 aliphatic rings. The van der Waals surface area contributed by atoms with Crippen LogP contribution in [0.2, 0.25) is 0 Å². The van der Waals surface area contributed by atoms with Crippen molar-refractivity contribution in [3.05, 3.63) is 64.7 Å². The summed E-state index contributed by atoms with van der Waals surface area (Å²) >= 11 is 0. The van der Waals surface area contributed by atoms with Gasteiger partial charge in [-0.25, -0.2) is 0 Å². The molecule has 17 heavy (non-hydrogen) atoms. The van der Waals surface area contributed by atoms with Crippen LogP contribution in [-0.4, -0.2) is 14.8 Å². The Balaban J connectivity index is 2.10. The van der Waals surface area contributed by atoms with E-state index in [1.54, 1.807) is 12.4 Å². The Bertz CT molecular complexity index is 697. The van der Waals surface area contributed by atoms with Gasteiger partial charge in [-0.3, -0.25) is 19.6 Å². The summed E-state index contributed by atoms with van der Waals surface area (Å²) in [5, 5.41) is 3.55. The first kappa shape index (κ1) is 9.84. The van der Waals surface area contributed by atoms with Gasteiger partial charge in [0.1, 0.15) is 0 Å². The van der Waals surface area contributed by atoms with Crippen molar-refractivity contribution < 1.29 is 0 Å². The second-order valence-electron chi connectivity index (χ2n) is 3.91. The van der Waals surface area contributed by atoms with Crippen LogP contribution in [0.5, 0.6) is 0 Å². The smallest absolute Gasteiger partial charge is 0.271 e. The van der Waals surface area contributed by atoms with Crippen LogP contribution in [0.3, 0.4) is 0 Å². The maximum atomic E-state index is 11.7. The molecule has 0 aliphatic carbocycles. The predicted octanol–water partition coefficient (Wildman–Crippen LogP) is 1.77. The summed E-state index contributed by atoms with van der Waals surface area (Å²) < 4.78 is 1.84. The Kier molecular flexibility index (Phi) is 2.26. The van der Waals surface area contributed by atoms with E-state index in [0.717, 1.165) is 16.5 Å². The van der Waals surface area contributed by atoms with Crippen LogP contribution in [0, 0.1) is 0 Å². The number of para-hydroxylation sites is 1. The molecule has 0 saturated carbocycles. The minimum atomic E-state index is -0.0514. The number of benzene rings is 1. The van der Waals surface area contributed by atoms with E-state index in [2.05, 4.69) is 10.1 Å². The van der Waals surface area contributed by atoms with E-state index in [4.69, 9.17) is 0 Å². The summed E-state index contributed by atoms with van der Waals surface area (Å²) in [7, 11) is 0. The van der Waals surface area contributed by atoms with Gasteiger partial charge in [0, 0.05) is 12.4 Å². The molecule has 0 spiro atoms. The van der Waals surface area contributed by atoms with Crippen molar-refractivity contribution in [1.82, 2.24) is 14.8 Å². The predicted molar refractivity (Wildman–Crippen MR) is 65.9 cm³/mol. The van der Waals surface area contributed by atoms with Gasteiger partial charge in [0.05, 0.1) is 17.4 Å². The Labute approximate surface area is 97.5 Å². The number of H-pyrrole nitrogens is 1. The number of hydrogen-bond donors (Lipinski definition) is 1. The molecule has 0 unspecified atom stereocenters. The summed E-state index contributed by atoms with van der Waals surface area (Å²) in [5.41, 5.74) is 1.93. The van der Waals surface area contributed by atoms with Crippen molar-refractivity contribution in [2.45, 2.75) is 6.54 Å². The number of fused-ring (bicyclic) bond motifs is 1. The minimum Gasteiger partial charge on any atom is -0.280 e. The third-order valence-electron chi connectivity index (χ3n) is 2.74. The zero-order valence-electron chi connectivity index (χ0n) is 9.13. The number of nitrogens with one attached hydrogen (secondary N) is 1. The number of aromatic amines is 1. The second kappa shape index (κ2) is 3.90. The Morgan fingerprint density at radius 3 is 2.88 bits per heavy atom. The van der Waals surface area contributed by atoms with E-state index < -0.39 is 0 Å². The van der Waals surface area contributed by atoms with E-state index in [1.165, 1.54) is 0 Å². The largest absolute Gasteiger partial charge is 0.280 e. The molecule has 4 nitrogen and oxygen atoms in total. The Morgan fingerprint density at radius 2 is 2.06 bits per heavy atom. The summed E-state index contributed by atoms with van der Waals surface area (Å²) in [6.45, 7) is 0.622. The van der Waals surface area contributed by atoms with Crippen molar-refractivity contribution in [3.63, 3.8) is 0 Å². The number of hydrogen-bond acceptors (Lipinski definition) is 2. The molecule has 3 aromatic rings. The first-order valence-corrected chi connectivity index (χ1v) is 5.41. The van der Waals surface area contributed by atoms with Crippen molar-refractivity contribution in [3.8, 4) is 0 Å². The van der Waals surface area contributed by atoms with Gasteiger partial charge in [0.2, 0.25) is 0 Å². The summed E-state index contributed by atoms with van der Waals surface area (Å²) in [6.07, 6.45) is 3.53. The molecular weight excluding hydrogens is 214 g/mol. The quantitative estimate of drug-likeness (QED) is 0.722. The lowest BCUT2D eigenvalue weighted by molar-refractivity contribution is 0.701. The van der Waals surface area contributed by atoms with Gasteiger partial charge in [-0.2, -0.15) is 0 Å². The summed E-state index contributed by atoms with van der Waals surface area (Å²) in [6, 6.07) is 11.4. The van der Waals surface area contributed by atoms with Crippen molar-refractivity contribution in [1.29, 1.82) is 0 Å². The molecule has 2 aromatic heterocycles. The van der Waals surface area contributed by atoms with Gasteiger partial charge in [0.25, 0.3) is 5.56 Å². The van der Waals surface area contributed by atoms with Gasteiger partial charge in [0.15, 0.2) is 0 Å². The molecule has 0 atom stereocenters. The second-order valence-corrected chi connectivity index (χ2v) is 3.91. The molecule has 0 radical (unpaired) electrons. The molecule has 0 saturated heterocycles. The maximum absolute atomic E-state index is 11.7. The highest BCUT2D eigenvalue weighted by Crippen LogP contribution is 2.10. The van der Waals surface area contributed by atoms with Crippen LogP contribution in [-0.2, 0) is 6.54 Å². The van der Waals surface area contributed by atoms with Crippen LogP contribution < -0.4 is 5.56 Å². The monoisotopic (exact) mass is 225 g/mol. The number of pyridine rings is 1. The zero-order valence-corrected chi connectivity index (χ0v) is 9.13. The van der Waals surface area contributed by atoms with Gasteiger partial charge in [-0.05, 0) is 23.8 Å². The maximum Gasteiger partial charge on any atom is 0.271 e. The lowest BCUT2D eigenvalue weighted by atomic mass is 10.2. The molecule has 0 fully saturated rings. The lowest BCUT2D eigenvalue weighted by Crippen LogP contribution is -2.06. The van der Waals surface area contributed by atoms with Crippen LogP contribution >= 0.6 is 0 Å². The highest BCUT2D eigenvalue weighted by molar-refractivity contribution is 5.78. The van der Waals surface area contributed by atoms with E-state index >= 15 is 0 Å². The van der Waals surface area contributed by atoms with Gasteiger partial charge < -0.3 is 0 Å². The molecule has 0 aliphatic heterocycles. The lowest BCUT2D eigenvalue weighted by Gasteiger charge is -2.03. The molecular formula is C13H11N3O. The van der Waals surface area contributed by atoms with E-state index in [0.29, 0.717) is 6.54 Å². The van der Waals surface area contributed by atoms with E-state index in [-0.39, 0.29) is 5.56 Å². The molecule has 1 aromatic carbocycles. The Hall–Kier alpha value is -2.36. The SMILES string of the molecule is O=c1[nH]n(Cc2cccnc2)c2ccccc12. The normalized spacial score (nSPS) is 10.8. The van der Waals surface area contributed by atoms with Crippen molar-refractivity contribution in [2.24, 2.45) is 0 Å². The molecule has 0 amide bonds. The van der Waals surface area contributed by atoms with Gasteiger partial charge in [-0.15, -0.1) is 0 Å². The average Bonchev–Trinajstić information content (AvgIpc) is 2.69. The van der Waals surface area contributed by atoms with Crippen molar-refractivity contribution >= 4 is 10.9 Å². The fourth-order valence-corrected chi connectivity index (χ4v) is 1.94. The van der Waals surface area contributed by atoms with Gasteiger partial charge in [-0.1, -0.05) is 18.2 Å². The zero-order chi connectivity index (χ0) is 11.7. The van der Waals surface area contributed by atoms with Crippen LogP contribution in [0.25, 0.3) is 10.9 Å². The Morgan fingerprint density at radius 1 is 1.18 bits per heavy atom. The fourth-order valence-electron chi connectivity index (χ4n) is 1.94. The highest BCUT2D eigenvalue weighted by atomic mass is 16.1. The third kappa shape index (κ3) is 1.73. The van der Waals surface area contributed by atoms with E-state index in [1.807, 2.05) is 41.1 Å². The standard InChI is InChI=1S/C13H11N3O/c17-13-11-5-1-2-6-12(11)16(15-13)9-10-4-3-7-14-8-10/h1-8H,9H2,(H,15,17). The first-order valence-electron chi connectivity index (χ1n) is 5.41. The van der Waals surface area contributed by atoms with Crippen molar-refractivity contribution in [2.75, 3.05) is 0 Å². The topological polar surface area (TPSA) is 50.7 Å². The number of nitrogens with zero attached hydrogens (tertiary/aromatic N) is 2. The number of rotatable bonds is 2. The van der Waals surface area contributed by atoms with Gasteiger partial charge >= 0.3 is 0 Å². The molecule has 4 heteroatoms. The van der Waals surface area contributed by atoms with E-state index in [9.17, 15) is 4.79 Å². The molecule has 0 bridgehead atoms.